The minimum atomic E-state index is -3.81. The predicted molar refractivity (Wildman–Crippen MR) is 116 cm³/mol. The fraction of sp³-hybridized carbons (Fsp3) is 0.409. The first-order valence-electron chi connectivity index (χ1n) is 10.3. The van der Waals surface area contributed by atoms with Crippen molar-refractivity contribution in [3.8, 4) is 11.5 Å². The molecule has 2 aromatic rings. The molecule has 0 aliphatic carbocycles. The van der Waals surface area contributed by atoms with Crippen LogP contribution in [0, 0.1) is 0 Å². The lowest BCUT2D eigenvalue weighted by atomic mass is 10.1. The summed E-state index contributed by atoms with van der Waals surface area (Å²) in [6.07, 6.45) is 2.52. The van der Waals surface area contributed by atoms with Gasteiger partial charge in [0.05, 0.1) is 18.1 Å². The quantitative estimate of drug-likeness (QED) is 0.684. The predicted octanol–water partition coefficient (Wildman–Crippen LogP) is 3.91. The molecule has 1 aliphatic heterocycles. The standard InChI is InChI=1S/C22H28N2O5S/c1-3-12-24(13-4-2)22(25)17-6-8-18(9-7-17)23-30(26,27)19-10-11-20-21(16-19)29-15-5-14-28-20/h6-11,16,23H,3-5,12-15H2,1-2H3. The topological polar surface area (TPSA) is 84.9 Å². The lowest BCUT2D eigenvalue weighted by Gasteiger charge is -2.21. The summed E-state index contributed by atoms with van der Waals surface area (Å²) in [7, 11) is -3.81. The Kier molecular flexibility index (Phi) is 7.20. The number of benzene rings is 2. The first-order valence-corrected chi connectivity index (χ1v) is 11.7. The Hall–Kier alpha value is -2.74. The number of nitrogens with zero attached hydrogens (tertiary/aromatic N) is 1. The molecule has 0 radical (unpaired) electrons. The zero-order chi connectivity index (χ0) is 21.6. The summed E-state index contributed by atoms with van der Waals surface area (Å²) < 4.78 is 39.3. The Labute approximate surface area is 178 Å². The number of hydrogen-bond donors (Lipinski definition) is 1. The first-order chi connectivity index (χ1) is 14.4. The Balaban J connectivity index is 1.74. The highest BCUT2D eigenvalue weighted by Crippen LogP contribution is 2.32. The van der Waals surface area contributed by atoms with Crippen molar-refractivity contribution in [1.29, 1.82) is 0 Å². The molecule has 0 saturated carbocycles. The fourth-order valence-electron chi connectivity index (χ4n) is 3.24. The number of ether oxygens (including phenoxy) is 2. The van der Waals surface area contributed by atoms with Crippen LogP contribution < -0.4 is 14.2 Å². The van der Waals surface area contributed by atoms with Gasteiger partial charge in [0.1, 0.15) is 0 Å². The summed E-state index contributed by atoms with van der Waals surface area (Å²) in [5.74, 6) is 0.914. The zero-order valence-electron chi connectivity index (χ0n) is 17.4. The van der Waals surface area contributed by atoms with E-state index in [2.05, 4.69) is 4.72 Å². The molecular formula is C22H28N2O5S. The molecule has 1 aliphatic rings. The van der Waals surface area contributed by atoms with Crippen LogP contribution in [0.4, 0.5) is 5.69 Å². The van der Waals surface area contributed by atoms with Crippen LogP contribution in [0.2, 0.25) is 0 Å². The zero-order valence-corrected chi connectivity index (χ0v) is 18.2. The Morgan fingerprint density at radius 2 is 1.60 bits per heavy atom. The molecule has 0 spiro atoms. The number of hydrogen-bond acceptors (Lipinski definition) is 5. The molecule has 30 heavy (non-hydrogen) atoms. The largest absolute Gasteiger partial charge is 0.490 e. The van der Waals surface area contributed by atoms with Crippen molar-refractivity contribution >= 4 is 21.6 Å². The SMILES string of the molecule is CCCN(CCC)C(=O)c1ccc(NS(=O)(=O)c2ccc3c(c2)OCCCO3)cc1. The molecule has 162 valence electrons. The molecule has 2 aromatic carbocycles. The van der Waals surface area contributed by atoms with E-state index in [0.717, 1.165) is 19.3 Å². The molecule has 0 saturated heterocycles. The van der Waals surface area contributed by atoms with Crippen LogP contribution in [-0.4, -0.2) is 45.5 Å². The third kappa shape index (κ3) is 5.24. The van der Waals surface area contributed by atoms with Gasteiger partial charge in [-0.15, -0.1) is 0 Å². The number of amides is 1. The molecule has 1 amide bonds. The maximum Gasteiger partial charge on any atom is 0.262 e. The van der Waals surface area contributed by atoms with Crippen molar-refractivity contribution in [2.24, 2.45) is 0 Å². The highest BCUT2D eigenvalue weighted by molar-refractivity contribution is 7.92. The number of sulfonamides is 1. The molecule has 8 heteroatoms. The van der Waals surface area contributed by atoms with E-state index in [1.807, 2.05) is 18.7 Å². The van der Waals surface area contributed by atoms with Crippen LogP contribution in [-0.2, 0) is 10.0 Å². The van der Waals surface area contributed by atoms with Gasteiger partial charge in [-0.05, 0) is 49.2 Å². The van der Waals surface area contributed by atoms with Gasteiger partial charge >= 0.3 is 0 Å². The third-order valence-corrected chi connectivity index (χ3v) is 6.07. The summed E-state index contributed by atoms with van der Waals surface area (Å²) in [6, 6.07) is 11.1. The molecule has 1 heterocycles. The highest BCUT2D eigenvalue weighted by Gasteiger charge is 2.20. The second-order valence-electron chi connectivity index (χ2n) is 7.13. The minimum absolute atomic E-state index is 0.0454. The van der Waals surface area contributed by atoms with Crippen LogP contribution >= 0.6 is 0 Å². The summed E-state index contributed by atoms with van der Waals surface area (Å²) in [4.78, 5) is 14.6. The molecule has 1 N–H and O–H groups in total. The van der Waals surface area contributed by atoms with Crippen molar-refractivity contribution in [2.45, 2.75) is 38.0 Å². The van der Waals surface area contributed by atoms with Crippen LogP contribution in [0.1, 0.15) is 43.5 Å². The van der Waals surface area contributed by atoms with Crippen molar-refractivity contribution in [3.63, 3.8) is 0 Å². The summed E-state index contributed by atoms with van der Waals surface area (Å²) >= 11 is 0. The van der Waals surface area contributed by atoms with E-state index in [-0.39, 0.29) is 10.8 Å². The van der Waals surface area contributed by atoms with Gasteiger partial charge in [0, 0.05) is 36.8 Å². The van der Waals surface area contributed by atoms with Gasteiger partial charge in [-0.2, -0.15) is 0 Å². The average Bonchev–Trinajstić information content (AvgIpc) is 2.98. The molecule has 3 rings (SSSR count). The first kappa shape index (κ1) is 22.0. The third-order valence-electron chi connectivity index (χ3n) is 4.69. The smallest absolute Gasteiger partial charge is 0.262 e. The highest BCUT2D eigenvalue weighted by atomic mass is 32.2. The lowest BCUT2D eigenvalue weighted by Crippen LogP contribution is -2.32. The lowest BCUT2D eigenvalue weighted by molar-refractivity contribution is 0.0755. The molecule has 0 bridgehead atoms. The van der Waals surface area contributed by atoms with Crippen LogP contribution in [0.15, 0.2) is 47.4 Å². The molecule has 0 aromatic heterocycles. The van der Waals surface area contributed by atoms with E-state index < -0.39 is 10.0 Å². The fourth-order valence-corrected chi connectivity index (χ4v) is 4.32. The van der Waals surface area contributed by atoms with Crippen molar-refractivity contribution in [1.82, 2.24) is 4.90 Å². The van der Waals surface area contributed by atoms with Gasteiger partial charge in [-0.3, -0.25) is 9.52 Å². The number of carbonyl (C=O) groups excluding carboxylic acids is 1. The van der Waals surface area contributed by atoms with Gasteiger partial charge in [0.15, 0.2) is 11.5 Å². The van der Waals surface area contributed by atoms with E-state index in [1.165, 1.54) is 12.1 Å². The maximum absolute atomic E-state index is 12.8. The normalized spacial score (nSPS) is 13.4. The molecule has 0 unspecified atom stereocenters. The number of fused-ring (bicyclic) bond motifs is 1. The van der Waals surface area contributed by atoms with E-state index in [1.54, 1.807) is 30.3 Å². The van der Waals surface area contributed by atoms with E-state index in [0.29, 0.717) is 49.1 Å². The molecule has 0 atom stereocenters. The Morgan fingerprint density at radius 3 is 2.23 bits per heavy atom. The number of carbonyl (C=O) groups is 1. The van der Waals surface area contributed by atoms with Crippen molar-refractivity contribution in [2.75, 3.05) is 31.0 Å². The molecular weight excluding hydrogens is 404 g/mol. The van der Waals surface area contributed by atoms with Gasteiger partial charge < -0.3 is 14.4 Å². The van der Waals surface area contributed by atoms with Gasteiger partial charge in [0.2, 0.25) is 0 Å². The maximum atomic E-state index is 12.8. The van der Waals surface area contributed by atoms with E-state index >= 15 is 0 Å². The van der Waals surface area contributed by atoms with Gasteiger partial charge in [-0.1, -0.05) is 13.8 Å². The van der Waals surface area contributed by atoms with Crippen LogP contribution in [0.25, 0.3) is 0 Å². The second kappa shape index (κ2) is 9.84. The average molecular weight is 433 g/mol. The second-order valence-corrected chi connectivity index (χ2v) is 8.82. The monoisotopic (exact) mass is 432 g/mol. The van der Waals surface area contributed by atoms with Crippen molar-refractivity contribution < 1.29 is 22.7 Å². The minimum Gasteiger partial charge on any atom is -0.490 e. The molecule has 7 nitrogen and oxygen atoms in total. The summed E-state index contributed by atoms with van der Waals surface area (Å²) in [5, 5.41) is 0. The van der Waals surface area contributed by atoms with Crippen LogP contribution in [0.5, 0.6) is 11.5 Å². The Bertz CT molecular complexity index is 968. The number of rotatable bonds is 8. The van der Waals surface area contributed by atoms with E-state index in [4.69, 9.17) is 9.47 Å². The van der Waals surface area contributed by atoms with E-state index in [9.17, 15) is 13.2 Å². The van der Waals surface area contributed by atoms with Crippen molar-refractivity contribution in [3.05, 3.63) is 48.0 Å². The Morgan fingerprint density at radius 1 is 0.967 bits per heavy atom. The number of anilines is 1. The van der Waals surface area contributed by atoms with Crippen LogP contribution in [0.3, 0.4) is 0 Å². The molecule has 0 fully saturated rings. The van der Waals surface area contributed by atoms with Gasteiger partial charge in [0.25, 0.3) is 15.9 Å². The summed E-state index contributed by atoms with van der Waals surface area (Å²) in [5.41, 5.74) is 0.923. The van der Waals surface area contributed by atoms with Gasteiger partial charge in [-0.25, -0.2) is 8.42 Å². The summed E-state index contributed by atoms with van der Waals surface area (Å²) in [6.45, 7) is 6.49. The number of nitrogens with one attached hydrogen (secondary N) is 1.